The monoisotopic (exact) mass is 474 g/mol. The lowest BCUT2D eigenvalue weighted by Gasteiger charge is -2.13. The molecule has 3 amide bonds. The van der Waals surface area contributed by atoms with Crippen molar-refractivity contribution < 1.29 is 19.1 Å². The normalized spacial score (nSPS) is 15.3. The van der Waals surface area contributed by atoms with Gasteiger partial charge in [-0.2, -0.15) is 0 Å². The Bertz CT molecular complexity index is 973. The summed E-state index contributed by atoms with van der Waals surface area (Å²) in [5.74, 6) is -0.313. The minimum atomic E-state index is -0.495. The van der Waals surface area contributed by atoms with Crippen LogP contribution in [0.1, 0.15) is 19.4 Å². The summed E-state index contributed by atoms with van der Waals surface area (Å²) in [5.41, 5.74) is 1.28. The number of benzene rings is 2. The molecule has 0 radical (unpaired) electrons. The number of carbonyl (C=O) groups excluding carboxylic acids is 3. The quantitative estimate of drug-likeness (QED) is 0.601. The van der Waals surface area contributed by atoms with E-state index >= 15 is 0 Å². The lowest BCUT2D eigenvalue weighted by atomic mass is 10.2. The van der Waals surface area contributed by atoms with E-state index in [0.717, 1.165) is 21.1 Å². The summed E-state index contributed by atoms with van der Waals surface area (Å²) in [4.78, 5) is 38.4. The molecule has 1 aliphatic heterocycles. The van der Waals surface area contributed by atoms with Gasteiger partial charge in [-0.05, 0) is 62.0 Å². The lowest BCUT2D eigenvalue weighted by Crippen LogP contribution is -2.36. The second-order valence-electron chi connectivity index (χ2n) is 6.53. The summed E-state index contributed by atoms with van der Waals surface area (Å²) >= 11 is 4.13. The number of hydrogen-bond acceptors (Lipinski definition) is 5. The van der Waals surface area contributed by atoms with E-state index in [1.807, 2.05) is 38.1 Å². The Morgan fingerprint density at radius 1 is 1.17 bits per heavy atom. The van der Waals surface area contributed by atoms with Crippen molar-refractivity contribution in [1.82, 2.24) is 4.90 Å². The first-order valence-electron chi connectivity index (χ1n) is 8.90. The molecule has 0 spiro atoms. The highest BCUT2D eigenvalue weighted by atomic mass is 79.9. The molecule has 0 aliphatic carbocycles. The molecule has 6 nitrogen and oxygen atoms in total. The van der Waals surface area contributed by atoms with Crippen LogP contribution in [0.3, 0.4) is 0 Å². The number of hydrogen-bond donors (Lipinski definition) is 1. The topological polar surface area (TPSA) is 75.7 Å². The van der Waals surface area contributed by atoms with Crippen LogP contribution in [0.4, 0.5) is 10.5 Å². The Balaban J connectivity index is 1.72. The molecule has 0 atom stereocenters. The molecule has 0 bridgehead atoms. The van der Waals surface area contributed by atoms with Crippen LogP contribution in [-0.2, 0) is 9.59 Å². The Kier molecular flexibility index (Phi) is 6.76. The van der Waals surface area contributed by atoms with Gasteiger partial charge in [0, 0.05) is 15.7 Å². The van der Waals surface area contributed by atoms with Crippen molar-refractivity contribution in [1.29, 1.82) is 0 Å². The van der Waals surface area contributed by atoms with Crippen LogP contribution in [0.2, 0.25) is 0 Å². The predicted octanol–water partition coefficient (Wildman–Crippen LogP) is 4.91. The minimum Gasteiger partial charge on any atom is -0.490 e. The van der Waals surface area contributed by atoms with Crippen molar-refractivity contribution in [3.8, 4) is 5.75 Å². The van der Waals surface area contributed by atoms with Gasteiger partial charge in [0.05, 0.1) is 11.0 Å². The van der Waals surface area contributed by atoms with E-state index in [1.54, 1.807) is 30.3 Å². The van der Waals surface area contributed by atoms with Crippen LogP contribution in [0.5, 0.6) is 5.75 Å². The molecule has 2 aromatic rings. The van der Waals surface area contributed by atoms with Gasteiger partial charge < -0.3 is 10.1 Å². The Morgan fingerprint density at radius 3 is 2.55 bits per heavy atom. The molecule has 0 saturated carbocycles. The Morgan fingerprint density at radius 2 is 1.86 bits per heavy atom. The average molecular weight is 475 g/mol. The number of carbonyl (C=O) groups is 3. The minimum absolute atomic E-state index is 0.0260. The maximum atomic E-state index is 12.7. The van der Waals surface area contributed by atoms with Crippen molar-refractivity contribution in [2.75, 3.05) is 11.9 Å². The third-order valence-corrected chi connectivity index (χ3v) is 5.31. The van der Waals surface area contributed by atoms with Gasteiger partial charge in [0.1, 0.15) is 12.3 Å². The smallest absolute Gasteiger partial charge is 0.294 e. The van der Waals surface area contributed by atoms with Gasteiger partial charge >= 0.3 is 0 Å². The van der Waals surface area contributed by atoms with Crippen molar-refractivity contribution in [2.24, 2.45) is 0 Å². The summed E-state index contributed by atoms with van der Waals surface area (Å²) in [7, 11) is 0. The zero-order valence-electron chi connectivity index (χ0n) is 15.8. The molecule has 3 rings (SSSR count). The van der Waals surface area contributed by atoms with Gasteiger partial charge in [-0.15, -0.1) is 0 Å². The van der Waals surface area contributed by atoms with Gasteiger partial charge in [-0.25, -0.2) is 0 Å². The van der Waals surface area contributed by atoms with Crippen LogP contribution >= 0.6 is 27.7 Å². The van der Waals surface area contributed by atoms with E-state index in [9.17, 15) is 14.4 Å². The SMILES string of the molecule is CC(C)Oc1ccccc1/C=C1\SC(=O)N(CC(=O)Nc2ccc(Br)cc2)C1=O. The standard InChI is InChI=1S/C21H19BrN2O4S/c1-13(2)28-17-6-4-3-5-14(17)11-18-20(26)24(21(27)29-18)12-19(25)23-16-9-7-15(22)8-10-16/h3-11,13H,12H2,1-2H3,(H,23,25)/b18-11-. The Hall–Kier alpha value is -2.58. The van der Waals surface area contributed by atoms with Crippen LogP contribution in [-0.4, -0.2) is 34.6 Å². The third kappa shape index (κ3) is 5.48. The fourth-order valence-corrected chi connectivity index (χ4v) is 3.71. The predicted molar refractivity (Wildman–Crippen MR) is 118 cm³/mol. The zero-order valence-corrected chi connectivity index (χ0v) is 18.2. The fourth-order valence-electron chi connectivity index (χ4n) is 2.62. The molecule has 29 heavy (non-hydrogen) atoms. The van der Waals surface area contributed by atoms with Gasteiger partial charge in [0.2, 0.25) is 5.91 Å². The van der Waals surface area contributed by atoms with Crippen LogP contribution < -0.4 is 10.1 Å². The molecule has 1 fully saturated rings. The first kappa shape index (κ1) is 21.1. The molecular weight excluding hydrogens is 456 g/mol. The van der Waals surface area contributed by atoms with Crippen LogP contribution in [0.15, 0.2) is 57.9 Å². The number of ether oxygens (including phenoxy) is 1. The first-order chi connectivity index (χ1) is 13.8. The largest absolute Gasteiger partial charge is 0.490 e. The van der Waals surface area contributed by atoms with Crippen LogP contribution in [0, 0.1) is 0 Å². The maximum absolute atomic E-state index is 12.7. The van der Waals surface area contributed by atoms with E-state index < -0.39 is 17.1 Å². The van der Waals surface area contributed by atoms with E-state index in [4.69, 9.17) is 4.74 Å². The molecule has 1 saturated heterocycles. The van der Waals surface area contributed by atoms with Gasteiger partial charge in [0.25, 0.3) is 11.1 Å². The molecule has 1 aliphatic rings. The number of amides is 3. The van der Waals surface area contributed by atoms with E-state index in [0.29, 0.717) is 17.0 Å². The second kappa shape index (κ2) is 9.28. The molecule has 1 heterocycles. The highest BCUT2D eigenvalue weighted by Gasteiger charge is 2.36. The number of nitrogens with one attached hydrogen (secondary N) is 1. The number of anilines is 1. The zero-order chi connectivity index (χ0) is 21.0. The van der Waals surface area contributed by atoms with Gasteiger partial charge in [0.15, 0.2) is 0 Å². The molecule has 0 unspecified atom stereocenters. The average Bonchev–Trinajstić information content (AvgIpc) is 2.92. The van der Waals surface area contributed by atoms with Crippen molar-refractivity contribution in [2.45, 2.75) is 20.0 Å². The van der Waals surface area contributed by atoms with Crippen molar-refractivity contribution in [3.05, 3.63) is 63.5 Å². The number of rotatable bonds is 6. The van der Waals surface area contributed by atoms with Crippen LogP contribution in [0.25, 0.3) is 6.08 Å². The number of nitrogens with zero attached hydrogens (tertiary/aromatic N) is 1. The fraction of sp³-hybridized carbons (Fsp3) is 0.190. The van der Waals surface area contributed by atoms with Gasteiger partial charge in [-0.1, -0.05) is 34.1 Å². The molecule has 8 heteroatoms. The number of para-hydroxylation sites is 1. The molecule has 0 aromatic heterocycles. The lowest BCUT2D eigenvalue weighted by molar-refractivity contribution is -0.127. The summed E-state index contributed by atoms with van der Waals surface area (Å²) in [6.07, 6.45) is 1.59. The summed E-state index contributed by atoms with van der Waals surface area (Å²) in [6.45, 7) is 3.48. The first-order valence-corrected chi connectivity index (χ1v) is 10.5. The molecule has 2 aromatic carbocycles. The second-order valence-corrected chi connectivity index (χ2v) is 8.44. The number of imide groups is 1. The van der Waals surface area contributed by atoms with Gasteiger partial charge in [-0.3, -0.25) is 19.3 Å². The summed E-state index contributed by atoms with van der Waals surface area (Å²) in [6, 6.07) is 14.3. The van der Waals surface area contributed by atoms with E-state index in [-0.39, 0.29) is 17.6 Å². The Labute approximate surface area is 181 Å². The maximum Gasteiger partial charge on any atom is 0.294 e. The van der Waals surface area contributed by atoms with E-state index in [1.165, 1.54) is 0 Å². The molecular formula is C21H19BrN2O4S. The third-order valence-electron chi connectivity index (χ3n) is 3.87. The summed E-state index contributed by atoms with van der Waals surface area (Å²) < 4.78 is 6.64. The van der Waals surface area contributed by atoms with Crippen molar-refractivity contribution in [3.63, 3.8) is 0 Å². The number of halogens is 1. The highest BCUT2D eigenvalue weighted by molar-refractivity contribution is 9.10. The van der Waals surface area contributed by atoms with E-state index in [2.05, 4.69) is 21.2 Å². The van der Waals surface area contributed by atoms with Crippen molar-refractivity contribution >= 4 is 56.5 Å². The highest BCUT2D eigenvalue weighted by Crippen LogP contribution is 2.34. The number of thioether (sulfide) groups is 1. The molecule has 150 valence electrons. The summed E-state index contributed by atoms with van der Waals surface area (Å²) in [5, 5.41) is 2.20. The molecule has 1 N–H and O–H groups in total.